The van der Waals surface area contributed by atoms with Gasteiger partial charge in [0, 0.05) is 6.54 Å². The number of H-pyrrole nitrogens is 1. The Labute approximate surface area is 106 Å². The van der Waals surface area contributed by atoms with Crippen molar-refractivity contribution in [3.63, 3.8) is 0 Å². The predicted octanol–water partition coefficient (Wildman–Crippen LogP) is 0.445. The Bertz CT molecular complexity index is 424. The van der Waals surface area contributed by atoms with Crippen LogP contribution in [0.5, 0.6) is 0 Å². The summed E-state index contributed by atoms with van der Waals surface area (Å²) in [7, 11) is 0. The minimum absolute atomic E-state index is 0.196. The second-order valence-corrected chi connectivity index (χ2v) is 4.92. The van der Waals surface area contributed by atoms with Gasteiger partial charge in [-0.05, 0) is 25.2 Å². The van der Waals surface area contributed by atoms with Crippen LogP contribution in [-0.2, 0) is 6.42 Å². The van der Waals surface area contributed by atoms with Gasteiger partial charge >= 0.3 is 0 Å². The highest BCUT2D eigenvalue weighted by Crippen LogP contribution is 2.26. The van der Waals surface area contributed by atoms with E-state index in [4.69, 9.17) is 10.8 Å². The number of aryl methyl sites for hydroxylation is 1. The lowest BCUT2D eigenvalue weighted by Gasteiger charge is -2.31. The fourth-order valence-electron chi connectivity index (χ4n) is 2.19. The van der Waals surface area contributed by atoms with Gasteiger partial charge in [0.1, 0.15) is 0 Å². The zero-order chi connectivity index (χ0) is 13.1. The number of anilines is 1. The molecule has 1 fully saturated rings. The number of aliphatic hydroxyl groups excluding tert-OH is 1. The molecule has 0 atom stereocenters. The molecule has 6 nitrogen and oxygen atoms in total. The van der Waals surface area contributed by atoms with E-state index in [0.29, 0.717) is 18.2 Å². The number of amides is 1. The summed E-state index contributed by atoms with van der Waals surface area (Å²) >= 11 is 0. The molecule has 1 aromatic rings. The zero-order valence-corrected chi connectivity index (χ0v) is 10.6. The summed E-state index contributed by atoms with van der Waals surface area (Å²) in [6, 6.07) is 0. The number of nitrogens with two attached hydrogens (primary N) is 1. The number of carbonyl (C=O) groups is 1. The van der Waals surface area contributed by atoms with Crippen molar-refractivity contribution in [2.75, 3.05) is 12.3 Å². The Hall–Kier alpha value is -1.56. The first-order valence-electron chi connectivity index (χ1n) is 6.40. The van der Waals surface area contributed by atoms with Crippen molar-refractivity contribution in [1.82, 2.24) is 15.5 Å². The third-order valence-corrected chi connectivity index (χ3v) is 3.36. The molecule has 0 aliphatic heterocycles. The Morgan fingerprint density at radius 2 is 2.33 bits per heavy atom. The molecule has 0 saturated heterocycles. The van der Waals surface area contributed by atoms with E-state index in [1.54, 1.807) is 0 Å². The number of rotatable bonds is 5. The van der Waals surface area contributed by atoms with Gasteiger partial charge in [-0.15, -0.1) is 0 Å². The highest BCUT2D eigenvalue weighted by atomic mass is 16.3. The lowest BCUT2D eigenvalue weighted by Crippen LogP contribution is -2.38. The molecule has 1 saturated carbocycles. The van der Waals surface area contributed by atoms with Crippen molar-refractivity contribution >= 4 is 11.6 Å². The Morgan fingerprint density at radius 3 is 2.94 bits per heavy atom. The van der Waals surface area contributed by atoms with E-state index in [1.165, 1.54) is 0 Å². The monoisotopic (exact) mass is 252 g/mol. The minimum Gasteiger partial charge on any atom is -0.395 e. The molecular weight excluding hydrogens is 232 g/mol. The Balaban J connectivity index is 1.88. The molecule has 2 rings (SSSR count). The molecule has 1 aliphatic carbocycles. The van der Waals surface area contributed by atoms with Crippen LogP contribution in [0.1, 0.15) is 42.4 Å². The van der Waals surface area contributed by atoms with E-state index >= 15 is 0 Å². The predicted molar refractivity (Wildman–Crippen MR) is 68.1 cm³/mol. The van der Waals surface area contributed by atoms with Crippen LogP contribution in [0, 0.1) is 5.92 Å². The highest BCUT2D eigenvalue weighted by molar-refractivity contribution is 5.97. The summed E-state index contributed by atoms with van der Waals surface area (Å²) in [5, 5.41) is 18.7. The van der Waals surface area contributed by atoms with Crippen LogP contribution < -0.4 is 11.1 Å². The van der Waals surface area contributed by atoms with Crippen LogP contribution in [0.15, 0.2) is 0 Å². The summed E-state index contributed by atoms with van der Waals surface area (Å²) in [5.41, 5.74) is 7.42. The molecule has 18 heavy (non-hydrogen) atoms. The first-order valence-corrected chi connectivity index (χ1v) is 6.40. The quantitative estimate of drug-likeness (QED) is 0.610. The first kappa shape index (κ1) is 12.9. The van der Waals surface area contributed by atoms with E-state index in [9.17, 15) is 4.79 Å². The normalized spacial score (nSPS) is 22.6. The van der Waals surface area contributed by atoms with Crippen molar-refractivity contribution < 1.29 is 9.90 Å². The van der Waals surface area contributed by atoms with Gasteiger partial charge in [0.25, 0.3) is 5.91 Å². The Kier molecular flexibility index (Phi) is 3.86. The Morgan fingerprint density at radius 1 is 1.61 bits per heavy atom. The summed E-state index contributed by atoms with van der Waals surface area (Å²) in [6.07, 6.45) is 3.07. The lowest BCUT2D eigenvalue weighted by molar-refractivity contribution is 0.0420. The number of aromatic nitrogens is 2. The molecule has 0 aromatic carbocycles. The van der Waals surface area contributed by atoms with Crippen LogP contribution in [0.25, 0.3) is 0 Å². The fraction of sp³-hybridized carbons (Fsp3) is 0.667. The number of aliphatic hydroxyl groups is 1. The average molecular weight is 252 g/mol. The summed E-state index contributed by atoms with van der Waals surface area (Å²) < 4.78 is 0. The largest absolute Gasteiger partial charge is 0.395 e. The van der Waals surface area contributed by atoms with Gasteiger partial charge in [-0.2, -0.15) is 5.10 Å². The van der Waals surface area contributed by atoms with E-state index in [-0.39, 0.29) is 17.7 Å². The van der Waals surface area contributed by atoms with Gasteiger partial charge in [-0.25, -0.2) is 0 Å². The maximum atomic E-state index is 11.9. The molecule has 0 radical (unpaired) electrons. The molecule has 6 heteroatoms. The van der Waals surface area contributed by atoms with E-state index in [0.717, 1.165) is 31.4 Å². The first-order chi connectivity index (χ1) is 8.61. The second kappa shape index (κ2) is 5.39. The third-order valence-electron chi connectivity index (χ3n) is 3.36. The summed E-state index contributed by atoms with van der Waals surface area (Å²) in [5.74, 6) is 0.131. The maximum absolute atomic E-state index is 11.9. The standard InChI is InChI=1S/C12H20N4O2/c1-2-3-9-10(13)11(16-15-9)12(18)14-6-7-4-8(17)5-7/h7-8,17H,2-6,13H2,1H3,(H,14,18)(H,15,16). The second-order valence-electron chi connectivity index (χ2n) is 4.92. The van der Waals surface area contributed by atoms with E-state index in [2.05, 4.69) is 15.5 Å². The molecule has 1 aromatic heterocycles. The number of hydrogen-bond donors (Lipinski definition) is 4. The number of hydrogen-bond acceptors (Lipinski definition) is 4. The smallest absolute Gasteiger partial charge is 0.273 e. The molecule has 0 unspecified atom stereocenters. The number of aromatic amines is 1. The van der Waals surface area contributed by atoms with Crippen molar-refractivity contribution in [3.8, 4) is 0 Å². The van der Waals surface area contributed by atoms with Crippen molar-refractivity contribution in [1.29, 1.82) is 0 Å². The van der Waals surface area contributed by atoms with Gasteiger partial charge in [0.05, 0.1) is 17.5 Å². The number of nitrogens with zero attached hydrogens (tertiary/aromatic N) is 1. The zero-order valence-electron chi connectivity index (χ0n) is 10.6. The lowest BCUT2D eigenvalue weighted by atomic mass is 9.82. The van der Waals surface area contributed by atoms with Crippen molar-refractivity contribution in [2.45, 2.75) is 38.7 Å². The molecule has 1 aliphatic rings. The minimum atomic E-state index is -0.243. The molecule has 0 bridgehead atoms. The third kappa shape index (κ3) is 2.64. The van der Waals surface area contributed by atoms with Gasteiger partial charge in [0.15, 0.2) is 5.69 Å². The van der Waals surface area contributed by atoms with Crippen LogP contribution in [0.4, 0.5) is 5.69 Å². The molecule has 0 spiro atoms. The van der Waals surface area contributed by atoms with E-state index in [1.807, 2.05) is 6.92 Å². The van der Waals surface area contributed by atoms with Crippen molar-refractivity contribution in [2.24, 2.45) is 5.92 Å². The van der Waals surface area contributed by atoms with E-state index < -0.39 is 0 Å². The highest BCUT2D eigenvalue weighted by Gasteiger charge is 2.27. The molecule has 1 amide bonds. The van der Waals surface area contributed by atoms with Crippen LogP contribution in [-0.4, -0.2) is 33.9 Å². The van der Waals surface area contributed by atoms with Gasteiger partial charge < -0.3 is 16.2 Å². The topological polar surface area (TPSA) is 104 Å². The molecular formula is C12H20N4O2. The SMILES string of the molecule is CCCc1[nH]nc(C(=O)NCC2CC(O)C2)c1N. The number of carbonyl (C=O) groups excluding carboxylic acids is 1. The molecule has 100 valence electrons. The van der Waals surface area contributed by atoms with Gasteiger partial charge in [-0.1, -0.05) is 13.3 Å². The van der Waals surface area contributed by atoms with Crippen LogP contribution in [0.3, 0.4) is 0 Å². The van der Waals surface area contributed by atoms with Crippen molar-refractivity contribution in [3.05, 3.63) is 11.4 Å². The average Bonchev–Trinajstić information content (AvgIpc) is 2.65. The summed E-state index contributed by atoms with van der Waals surface area (Å²) in [4.78, 5) is 11.9. The fourth-order valence-corrected chi connectivity index (χ4v) is 2.19. The van der Waals surface area contributed by atoms with Gasteiger partial charge in [-0.3, -0.25) is 9.89 Å². The maximum Gasteiger partial charge on any atom is 0.273 e. The summed E-state index contributed by atoms with van der Waals surface area (Å²) in [6.45, 7) is 2.62. The van der Waals surface area contributed by atoms with Gasteiger partial charge in [0.2, 0.25) is 0 Å². The molecule has 5 N–H and O–H groups in total. The number of nitrogens with one attached hydrogen (secondary N) is 2. The number of nitrogen functional groups attached to an aromatic ring is 1. The molecule has 1 heterocycles. The van der Waals surface area contributed by atoms with Crippen LogP contribution >= 0.6 is 0 Å². The van der Waals surface area contributed by atoms with Crippen LogP contribution in [0.2, 0.25) is 0 Å².